The third-order valence-corrected chi connectivity index (χ3v) is 11.4. The quantitative estimate of drug-likeness (QED) is 0.110. The zero-order chi connectivity index (χ0) is 26.0. The Hall–Kier alpha value is -0.616. The highest BCUT2D eigenvalue weighted by molar-refractivity contribution is 6.60. The summed E-state index contributed by atoms with van der Waals surface area (Å²) in [7, 11) is 5.24. The molecule has 34 heavy (non-hydrogen) atoms. The first kappa shape index (κ1) is 35.5. The average molecular weight is 521 g/mol. The van der Waals surface area contributed by atoms with Crippen LogP contribution in [-0.2, 0) is 26.6 Å². The molecule has 0 amide bonds. The monoisotopic (exact) mass is 520 g/mol. The summed E-state index contributed by atoms with van der Waals surface area (Å²) in [5.41, 5.74) is 0. The minimum absolute atomic E-state index is 0.712. The van der Waals surface area contributed by atoms with E-state index < -0.39 is 17.6 Å². The van der Waals surface area contributed by atoms with Gasteiger partial charge in [-0.1, -0.05) is 51.0 Å². The molecule has 0 heterocycles. The molecule has 0 saturated heterocycles. The molecule has 0 aliphatic rings. The number of rotatable bonds is 23. The molecule has 0 radical (unpaired) electrons. The van der Waals surface area contributed by atoms with E-state index in [1.165, 1.54) is 44.9 Å². The van der Waals surface area contributed by atoms with Crippen LogP contribution in [0.4, 0.5) is 0 Å². The van der Waals surface area contributed by atoms with Crippen molar-refractivity contribution in [1.29, 1.82) is 5.26 Å². The smallest absolute Gasteiger partial charge is 0.377 e. The molecule has 0 aliphatic carbocycles. The molecule has 0 aromatic rings. The van der Waals surface area contributed by atoms with Gasteiger partial charge in [-0.3, -0.25) is 0 Å². The van der Waals surface area contributed by atoms with Crippen LogP contribution in [-0.4, -0.2) is 73.4 Å². The fourth-order valence-electron chi connectivity index (χ4n) is 3.53. The largest absolute Gasteiger partial charge is 0.500 e. The molecule has 202 valence electrons. The van der Waals surface area contributed by atoms with Crippen LogP contribution in [0.25, 0.3) is 0 Å². The molecular weight excluding hydrogens is 468 g/mol. The maximum atomic E-state index is 8.43. The Morgan fingerprint density at radius 1 is 0.647 bits per heavy atom. The summed E-state index contributed by atoms with van der Waals surface area (Å²) in [6, 6.07) is 3.93. The van der Waals surface area contributed by atoms with Gasteiger partial charge in [-0.05, 0) is 25.8 Å². The first-order valence-electron chi connectivity index (χ1n) is 12.5. The molecule has 0 fully saturated rings. The van der Waals surface area contributed by atoms with Crippen molar-refractivity contribution in [2.75, 3.05) is 55.7 Å². The van der Waals surface area contributed by atoms with Crippen molar-refractivity contribution >= 4 is 17.6 Å². The summed E-state index contributed by atoms with van der Waals surface area (Å²) in [5.74, 6) is 0. The van der Waals surface area contributed by atoms with Crippen LogP contribution in [0.2, 0.25) is 12.1 Å². The van der Waals surface area contributed by atoms with Gasteiger partial charge in [-0.25, -0.2) is 0 Å². The molecule has 0 unspecified atom stereocenters. The van der Waals surface area contributed by atoms with Crippen LogP contribution < -0.4 is 5.32 Å². The SMILES string of the molecule is C=CCNCCC[Si](OC)(OC)OC.CO[Si](CCCCCCCCCCCC#N)(OC)OC. The lowest BCUT2D eigenvalue weighted by molar-refractivity contribution is 0.122. The molecule has 0 atom stereocenters. The van der Waals surface area contributed by atoms with E-state index in [9.17, 15) is 0 Å². The van der Waals surface area contributed by atoms with Crippen molar-refractivity contribution in [2.24, 2.45) is 0 Å². The maximum absolute atomic E-state index is 8.43. The summed E-state index contributed by atoms with van der Waals surface area (Å²) < 4.78 is 32.1. The number of unbranched alkanes of at least 4 members (excludes halogenated alkanes) is 9. The van der Waals surface area contributed by atoms with Crippen LogP contribution in [0.1, 0.15) is 70.6 Å². The molecule has 0 bridgehead atoms. The van der Waals surface area contributed by atoms with Crippen LogP contribution >= 0.6 is 0 Å². The second-order valence-corrected chi connectivity index (χ2v) is 14.2. The summed E-state index contributed by atoms with van der Waals surface area (Å²) in [6.07, 6.45) is 14.6. The van der Waals surface area contributed by atoms with Crippen LogP contribution in [0.5, 0.6) is 0 Å². The Labute approximate surface area is 212 Å². The summed E-state index contributed by atoms with van der Waals surface area (Å²) in [4.78, 5) is 0. The van der Waals surface area contributed by atoms with Gasteiger partial charge in [0.2, 0.25) is 0 Å². The Morgan fingerprint density at radius 2 is 1.03 bits per heavy atom. The van der Waals surface area contributed by atoms with Crippen molar-refractivity contribution < 1.29 is 26.6 Å². The summed E-state index contributed by atoms with van der Waals surface area (Å²) >= 11 is 0. The van der Waals surface area contributed by atoms with Gasteiger partial charge in [0.15, 0.2) is 0 Å². The van der Waals surface area contributed by atoms with Gasteiger partial charge in [0.05, 0.1) is 6.07 Å². The Bertz CT molecular complexity index is 470. The van der Waals surface area contributed by atoms with E-state index in [1.54, 1.807) is 42.7 Å². The molecule has 0 rings (SSSR count). The van der Waals surface area contributed by atoms with Gasteiger partial charge >= 0.3 is 17.6 Å². The molecule has 0 saturated carbocycles. The highest BCUT2D eigenvalue weighted by Gasteiger charge is 2.37. The molecule has 10 heteroatoms. The van der Waals surface area contributed by atoms with Crippen LogP contribution in [0.3, 0.4) is 0 Å². The van der Waals surface area contributed by atoms with Crippen molar-refractivity contribution in [3.05, 3.63) is 12.7 Å². The second-order valence-electron chi connectivity index (χ2n) is 8.03. The van der Waals surface area contributed by atoms with Crippen LogP contribution in [0.15, 0.2) is 12.7 Å². The second kappa shape index (κ2) is 25.5. The highest BCUT2D eigenvalue weighted by atomic mass is 28.4. The predicted octanol–water partition coefficient (Wildman–Crippen LogP) is 5.32. The molecule has 1 N–H and O–H groups in total. The van der Waals surface area contributed by atoms with Gasteiger partial charge in [0.25, 0.3) is 0 Å². The molecular formula is C24H52N2O6Si2. The van der Waals surface area contributed by atoms with E-state index >= 15 is 0 Å². The lowest BCUT2D eigenvalue weighted by Gasteiger charge is -2.24. The van der Waals surface area contributed by atoms with Gasteiger partial charge in [-0.15, -0.1) is 6.58 Å². The molecule has 8 nitrogen and oxygen atoms in total. The summed E-state index contributed by atoms with van der Waals surface area (Å²) in [6.45, 7) is 5.39. The van der Waals surface area contributed by atoms with E-state index in [1.807, 2.05) is 6.08 Å². The zero-order valence-electron chi connectivity index (χ0n) is 22.8. The number of hydrogen-bond acceptors (Lipinski definition) is 8. The number of nitrogens with one attached hydrogen (secondary N) is 1. The lowest BCUT2D eigenvalue weighted by Crippen LogP contribution is -2.43. The topological polar surface area (TPSA) is 91.2 Å². The number of nitriles is 1. The van der Waals surface area contributed by atoms with Gasteiger partial charge < -0.3 is 31.9 Å². The highest BCUT2D eigenvalue weighted by Crippen LogP contribution is 2.18. The molecule has 0 aromatic carbocycles. The van der Waals surface area contributed by atoms with Crippen LogP contribution in [0, 0.1) is 11.3 Å². The van der Waals surface area contributed by atoms with Crippen molar-refractivity contribution in [3.63, 3.8) is 0 Å². The molecule has 0 aliphatic heterocycles. The Kier molecular flexibility index (Phi) is 26.6. The fraction of sp³-hybridized carbons (Fsp3) is 0.875. The van der Waals surface area contributed by atoms with Gasteiger partial charge in [-0.2, -0.15) is 5.26 Å². The first-order valence-corrected chi connectivity index (χ1v) is 16.3. The normalized spacial score (nSPS) is 11.6. The third-order valence-electron chi connectivity index (χ3n) is 5.76. The first-order chi connectivity index (χ1) is 16.5. The molecule has 0 aromatic heterocycles. The van der Waals surface area contributed by atoms with E-state index in [4.69, 9.17) is 31.8 Å². The number of hydrogen-bond donors (Lipinski definition) is 1. The van der Waals surface area contributed by atoms with Crippen molar-refractivity contribution in [3.8, 4) is 6.07 Å². The fourth-order valence-corrected chi connectivity index (χ4v) is 7.05. The maximum Gasteiger partial charge on any atom is 0.500 e. The minimum atomic E-state index is -2.34. The van der Waals surface area contributed by atoms with Gasteiger partial charge in [0, 0.05) is 67.7 Å². The molecule has 0 spiro atoms. The minimum Gasteiger partial charge on any atom is -0.377 e. The Balaban J connectivity index is 0. The number of nitrogens with zero attached hydrogens (tertiary/aromatic N) is 1. The zero-order valence-corrected chi connectivity index (χ0v) is 24.8. The van der Waals surface area contributed by atoms with Crippen molar-refractivity contribution in [1.82, 2.24) is 5.32 Å². The standard InChI is InChI=1S/C15H31NO3Si.C9H21NO3Si/c1-17-20(18-2,19-3)15-13-11-9-7-5-4-6-8-10-12-14-16;1-5-7-10-8-6-9-14(11-2,12-3)13-4/h4-13,15H2,1-3H3;5,10H,1,6-9H2,2-4H3. The van der Waals surface area contributed by atoms with Crippen molar-refractivity contribution in [2.45, 2.75) is 82.7 Å². The average Bonchev–Trinajstić information content (AvgIpc) is 2.88. The van der Waals surface area contributed by atoms with E-state index in [-0.39, 0.29) is 0 Å². The third kappa shape index (κ3) is 18.7. The van der Waals surface area contributed by atoms with Gasteiger partial charge in [0.1, 0.15) is 0 Å². The van der Waals surface area contributed by atoms with E-state index in [0.717, 1.165) is 44.4 Å². The predicted molar refractivity (Wildman–Crippen MR) is 143 cm³/mol. The summed E-state index contributed by atoms with van der Waals surface area (Å²) in [5, 5.41) is 11.6. The van der Waals surface area contributed by atoms with E-state index in [0.29, 0.717) is 6.42 Å². The lowest BCUT2D eigenvalue weighted by atomic mass is 10.1. The van der Waals surface area contributed by atoms with E-state index in [2.05, 4.69) is 18.0 Å². The Morgan fingerprint density at radius 3 is 1.41 bits per heavy atom.